The highest BCUT2D eigenvalue weighted by Gasteiger charge is 2.25. The van der Waals surface area contributed by atoms with Crippen LogP contribution in [0.3, 0.4) is 0 Å². The molecule has 3 aromatic rings. The Morgan fingerprint density at radius 1 is 1.00 bits per heavy atom. The van der Waals surface area contributed by atoms with Gasteiger partial charge in [-0.2, -0.15) is 0 Å². The SMILES string of the molecule is COc1ccc(C(=O)Nc2ccc3c(c2)N(CCCc2ccccc2)C(=O)CO3)cc1OC. The summed E-state index contributed by atoms with van der Waals surface area (Å²) in [5.74, 6) is 1.25. The summed E-state index contributed by atoms with van der Waals surface area (Å²) in [5.41, 5.74) is 2.89. The van der Waals surface area contributed by atoms with E-state index in [0.717, 1.165) is 12.8 Å². The van der Waals surface area contributed by atoms with E-state index >= 15 is 0 Å². The molecule has 33 heavy (non-hydrogen) atoms. The maximum Gasteiger partial charge on any atom is 0.265 e. The number of benzene rings is 3. The van der Waals surface area contributed by atoms with Crippen molar-refractivity contribution in [3.05, 3.63) is 77.9 Å². The van der Waals surface area contributed by atoms with Crippen molar-refractivity contribution in [1.29, 1.82) is 0 Å². The number of fused-ring (bicyclic) bond motifs is 1. The zero-order valence-electron chi connectivity index (χ0n) is 18.7. The van der Waals surface area contributed by atoms with Crippen molar-refractivity contribution < 1.29 is 23.8 Å². The van der Waals surface area contributed by atoms with Crippen molar-refractivity contribution in [2.75, 3.05) is 37.6 Å². The molecule has 0 bridgehead atoms. The fourth-order valence-corrected chi connectivity index (χ4v) is 3.79. The van der Waals surface area contributed by atoms with Crippen molar-refractivity contribution in [1.82, 2.24) is 0 Å². The molecule has 0 aromatic heterocycles. The molecular weight excluding hydrogens is 420 g/mol. The van der Waals surface area contributed by atoms with Gasteiger partial charge in [-0.1, -0.05) is 30.3 Å². The van der Waals surface area contributed by atoms with Gasteiger partial charge in [0.1, 0.15) is 5.75 Å². The van der Waals surface area contributed by atoms with Crippen LogP contribution in [0.2, 0.25) is 0 Å². The number of anilines is 2. The number of nitrogens with zero attached hydrogens (tertiary/aromatic N) is 1. The van der Waals surface area contributed by atoms with Gasteiger partial charge in [-0.25, -0.2) is 0 Å². The van der Waals surface area contributed by atoms with Crippen LogP contribution in [0.25, 0.3) is 0 Å². The topological polar surface area (TPSA) is 77.1 Å². The van der Waals surface area contributed by atoms with Gasteiger partial charge in [0.25, 0.3) is 11.8 Å². The number of hydrogen-bond acceptors (Lipinski definition) is 5. The molecule has 0 atom stereocenters. The Labute approximate surface area is 192 Å². The lowest BCUT2D eigenvalue weighted by Crippen LogP contribution is -2.39. The third kappa shape index (κ3) is 5.09. The largest absolute Gasteiger partial charge is 0.493 e. The van der Waals surface area contributed by atoms with Gasteiger partial charge in [0.2, 0.25) is 0 Å². The predicted octanol–water partition coefficient (Wildman–Crippen LogP) is 4.31. The number of ether oxygens (including phenoxy) is 3. The van der Waals surface area contributed by atoms with Gasteiger partial charge in [0.05, 0.1) is 19.9 Å². The van der Waals surface area contributed by atoms with Crippen molar-refractivity contribution in [2.45, 2.75) is 12.8 Å². The standard InChI is InChI=1S/C26H26N2O5/c1-31-23-12-10-19(15-24(23)32-2)26(30)27-20-11-13-22-21(16-20)28(25(29)17-33-22)14-6-9-18-7-4-3-5-8-18/h3-5,7-8,10-13,15-16H,6,9,14,17H2,1-2H3,(H,27,30). The molecule has 170 valence electrons. The predicted molar refractivity (Wildman–Crippen MR) is 127 cm³/mol. The molecule has 0 spiro atoms. The Bertz CT molecular complexity index is 1150. The number of amides is 2. The molecule has 1 heterocycles. The maximum absolute atomic E-state index is 12.8. The number of rotatable bonds is 8. The Morgan fingerprint density at radius 3 is 2.55 bits per heavy atom. The monoisotopic (exact) mass is 446 g/mol. The van der Waals surface area contributed by atoms with Crippen LogP contribution in [0.5, 0.6) is 17.2 Å². The molecule has 3 aromatic carbocycles. The second-order valence-corrected chi connectivity index (χ2v) is 7.63. The molecule has 0 unspecified atom stereocenters. The normalized spacial score (nSPS) is 12.5. The lowest BCUT2D eigenvalue weighted by molar-refractivity contribution is -0.121. The molecule has 2 amide bonds. The van der Waals surface area contributed by atoms with E-state index in [0.29, 0.717) is 40.7 Å². The van der Waals surface area contributed by atoms with E-state index in [9.17, 15) is 9.59 Å². The van der Waals surface area contributed by atoms with Crippen LogP contribution in [-0.2, 0) is 11.2 Å². The van der Waals surface area contributed by atoms with Crippen molar-refractivity contribution >= 4 is 23.2 Å². The summed E-state index contributed by atoms with van der Waals surface area (Å²) in [6.45, 7) is 0.576. The molecule has 0 saturated carbocycles. The van der Waals surface area contributed by atoms with E-state index in [1.807, 2.05) is 18.2 Å². The fourth-order valence-electron chi connectivity index (χ4n) is 3.79. The van der Waals surface area contributed by atoms with Gasteiger partial charge in [-0.05, 0) is 54.8 Å². The van der Waals surface area contributed by atoms with Crippen molar-refractivity contribution in [2.24, 2.45) is 0 Å². The van der Waals surface area contributed by atoms with Crippen LogP contribution in [0, 0.1) is 0 Å². The molecule has 0 radical (unpaired) electrons. The Balaban J connectivity index is 1.49. The van der Waals surface area contributed by atoms with Crippen LogP contribution in [0.1, 0.15) is 22.3 Å². The molecule has 4 rings (SSSR count). The zero-order valence-corrected chi connectivity index (χ0v) is 18.7. The first-order valence-corrected chi connectivity index (χ1v) is 10.7. The summed E-state index contributed by atoms with van der Waals surface area (Å²) in [5, 5.41) is 2.89. The van der Waals surface area contributed by atoms with Crippen LogP contribution < -0.4 is 24.4 Å². The highest BCUT2D eigenvalue weighted by Crippen LogP contribution is 2.35. The highest BCUT2D eigenvalue weighted by atomic mass is 16.5. The molecule has 7 nitrogen and oxygen atoms in total. The molecule has 1 aliphatic rings. The van der Waals surface area contributed by atoms with Gasteiger partial charge in [-0.3, -0.25) is 9.59 Å². The van der Waals surface area contributed by atoms with Crippen LogP contribution in [0.15, 0.2) is 66.7 Å². The molecule has 7 heteroatoms. The second kappa shape index (κ2) is 10.1. The molecular formula is C26H26N2O5. The minimum atomic E-state index is -0.297. The van der Waals surface area contributed by atoms with E-state index in [2.05, 4.69) is 17.4 Å². The number of methoxy groups -OCH3 is 2. The third-order valence-electron chi connectivity index (χ3n) is 5.50. The fraction of sp³-hybridized carbons (Fsp3) is 0.231. The molecule has 1 N–H and O–H groups in total. The van der Waals surface area contributed by atoms with E-state index in [-0.39, 0.29) is 18.4 Å². The summed E-state index contributed by atoms with van der Waals surface area (Å²) < 4.78 is 16.1. The zero-order chi connectivity index (χ0) is 23.2. The molecule has 0 saturated heterocycles. The first-order chi connectivity index (χ1) is 16.1. The average Bonchev–Trinajstić information content (AvgIpc) is 2.85. The van der Waals surface area contributed by atoms with Gasteiger partial charge in [-0.15, -0.1) is 0 Å². The number of carbonyl (C=O) groups excluding carboxylic acids is 2. The lowest BCUT2D eigenvalue weighted by Gasteiger charge is -2.30. The first kappa shape index (κ1) is 22.2. The van der Waals surface area contributed by atoms with Gasteiger partial charge in [0.15, 0.2) is 18.1 Å². The Morgan fingerprint density at radius 2 is 1.79 bits per heavy atom. The van der Waals surface area contributed by atoms with Crippen molar-refractivity contribution in [3.63, 3.8) is 0 Å². The summed E-state index contributed by atoms with van der Waals surface area (Å²) in [7, 11) is 3.06. The molecule has 0 fully saturated rings. The van der Waals surface area contributed by atoms with Gasteiger partial charge < -0.3 is 24.4 Å². The summed E-state index contributed by atoms with van der Waals surface area (Å²) in [4.78, 5) is 27.1. The van der Waals surface area contributed by atoms with E-state index in [1.165, 1.54) is 12.7 Å². The number of nitrogens with one attached hydrogen (secondary N) is 1. The Kier molecular flexibility index (Phi) is 6.78. The van der Waals surface area contributed by atoms with Gasteiger partial charge in [0, 0.05) is 17.8 Å². The highest BCUT2D eigenvalue weighted by molar-refractivity contribution is 6.05. The summed E-state index contributed by atoms with van der Waals surface area (Å²) >= 11 is 0. The van der Waals surface area contributed by atoms with Gasteiger partial charge >= 0.3 is 0 Å². The van der Waals surface area contributed by atoms with Crippen LogP contribution >= 0.6 is 0 Å². The minimum absolute atomic E-state index is 0.00961. The Hall–Kier alpha value is -4.00. The van der Waals surface area contributed by atoms with E-state index < -0.39 is 0 Å². The van der Waals surface area contributed by atoms with E-state index in [4.69, 9.17) is 14.2 Å². The number of carbonyl (C=O) groups is 2. The second-order valence-electron chi connectivity index (χ2n) is 7.63. The first-order valence-electron chi connectivity index (χ1n) is 10.7. The number of hydrogen-bond donors (Lipinski definition) is 1. The van der Waals surface area contributed by atoms with Crippen LogP contribution in [0.4, 0.5) is 11.4 Å². The maximum atomic E-state index is 12.8. The van der Waals surface area contributed by atoms with Crippen molar-refractivity contribution in [3.8, 4) is 17.2 Å². The average molecular weight is 447 g/mol. The quantitative estimate of drug-likeness (QED) is 0.558. The molecule has 1 aliphatic heterocycles. The summed E-state index contributed by atoms with van der Waals surface area (Å²) in [6.07, 6.45) is 1.69. The minimum Gasteiger partial charge on any atom is -0.493 e. The van der Waals surface area contributed by atoms with E-state index in [1.54, 1.807) is 48.4 Å². The number of aryl methyl sites for hydroxylation is 1. The van der Waals surface area contributed by atoms with Crippen LogP contribution in [-0.4, -0.2) is 39.2 Å². The summed E-state index contributed by atoms with van der Waals surface area (Å²) in [6, 6.07) is 20.4. The molecule has 0 aliphatic carbocycles. The smallest absolute Gasteiger partial charge is 0.265 e. The lowest BCUT2D eigenvalue weighted by atomic mass is 10.1. The third-order valence-corrected chi connectivity index (χ3v) is 5.50.